The van der Waals surface area contributed by atoms with Crippen LogP contribution >= 0.6 is 15.9 Å². The van der Waals surface area contributed by atoms with E-state index in [-0.39, 0.29) is 17.9 Å². The molecule has 1 spiro atoms. The number of aliphatic hydroxyl groups is 1. The lowest BCUT2D eigenvalue weighted by Gasteiger charge is -2.63. The number of nitrogens with one attached hydrogen (secondary N) is 2. The van der Waals surface area contributed by atoms with Crippen LogP contribution in [0.25, 0.3) is 10.9 Å². The summed E-state index contributed by atoms with van der Waals surface area (Å²) in [5, 5.41) is 18.0. The molecule has 3 aromatic carbocycles. The van der Waals surface area contributed by atoms with E-state index >= 15 is 4.79 Å². The van der Waals surface area contributed by atoms with Crippen LogP contribution in [0.4, 0.5) is 5.69 Å². The van der Waals surface area contributed by atoms with E-state index in [9.17, 15) is 19.5 Å². The number of benzene rings is 3. The fourth-order valence-corrected chi connectivity index (χ4v) is 15.4. The van der Waals surface area contributed by atoms with Gasteiger partial charge in [-0.1, -0.05) is 44.2 Å². The minimum Gasteiger partial charge on any atom is -0.496 e. The first-order chi connectivity index (χ1) is 34.1. The van der Waals surface area contributed by atoms with Gasteiger partial charge in [0.05, 0.1) is 44.0 Å². The topological polar surface area (TPSA) is 172 Å². The van der Waals surface area contributed by atoms with Crippen molar-refractivity contribution in [3.05, 3.63) is 99.2 Å². The third kappa shape index (κ3) is 7.04. The molecule has 3 N–H and O–H groups in total. The molecule has 6 aliphatic rings. The zero-order chi connectivity index (χ0) is 50.4. The third-order valence-corrected chi connectivity index (χ3v) is 18.1. The standard InChI is InChI=1S/C55H66BrN5O10/c1-9-51(58-45(63)34-17-18-42(70-11-3)39(56)25-34)28-33-29-54(49(64)68-7,44-36(19-23-60(30-33)31-51)35-15-12-13-16-40(35)57-44)38-26-37-41(27-43(38)67-6)59(5)47-53(37)21-24-61-22-14-20-52(10-2,46(53)61)48(71-32(4)62)55(47,66)50(65)69-8/h12-18,20,25-27,33,46-48,57,66H,9-11,19,21-24,28-31H2,1-8H3,(H,58,63)/t33-,46+,47-,48-,51+,52-,53-,54+,55+/m1/s1. The van der Waals surface area contributed by atoms with Crippen molar-refractivity contribution in [1.29, 1.82) is 0 Å². The number of ether oxygens (including phenoxy) is 5. The first-order valence-electron chi connectivity index (χ1n) is 25.1. The van der Waals surface area contributed by atoms with Gasteiger partial charge in [0.1, 0.15) is 16.9 Å². The Morgan fingerprint density at radius 1 is 0.915 bits per heavy atom. The molecule has 1 unspecified atom stereocenters. The molecule has 2 bridgehead atoms. The molecule has 6 heterocycles. The number of methoxy groups -OCH3 is 3. The van der Waals surface area contributed by atoms with Gasteiger partial charge in [-0.3, -0.25) is 19.3 Å². The molecular formula is C55H66BrN5O10. The van der Waals surface area contributed by atoms with E-state index in [1.165, 1.54) is 21.1 Å². The Bertz CT molecular complexity index is 2850. The van der Waals surface area contributed by atoms with E-state index in [1.54, 1.807) is 19.2 Å². The minimum atomic E-state index is -2.34. The number of aromatic amines is 1. The number of piperidine rings is 1. The third-order valence-electron chi connectivity index (χ3n) is 17.5. The SMILES string of the molecule is CCOc1ccc(C(=O)N[C@@]2(CC)C[C@H]3CN(CCc4c([nH]c5ccccc45)[C@@](C(=O)OC)(c4cc5c(cc4OC)N(C)[C@H]4[C@@](O)(C(=O)OC)[C@H](OC(C)=O)[C@]6(CC)C=CCN7CC[C@]54[C@@H]76)C3)C2)cc1Br. The smallest absolute Gasteiger partial charge is 0.344 e. The maximum Gasteiger partial charge on any atom is 0.344 e. The zero-order valence-electron chi connectivity index (χ0n) is 42.0. The van der Waals surface area contributed by atoms with Gasteiger partial charge in [-0.25, -0.2) is 4.79 Å². The Morgan fingerprint density at radius 2 is 1.69 bits per heavy atom. The van der Waals surface area contributed by atoms with Crippen LogP contribution in [0, 0.1) is 11.3 Å². The average molecular weight is 1040 g/mol. The summed E-state index contributed by atoms with van der Waals surface area (Å²) in [6.45, 7) is 11.1. The molecule has 10 rings (SSSR count). The van der Waals surface area contributed by atoms with Crippen molar-refractivity contribution in [2.45, 2.75) is 106 Å². The van der Waals surface area contributed by atoms with Gasteiger partial charge in [-0.2, -0.15) is 0 Å². The van der Waals surface area contributed by atoms with E-state index in [0.29, 0.717) is 105 Å². The van der Waals surface area contributed by atoms with Crippen molar-refractivity contribution in [2.24, 2.45) is 11.3 Å². The number of para-hydroxylation sites is 1. The largest absolute Gasteiger partial charge is 0.496 e. The molecule has 1 amide bonds. The number of hydrogen-bond acceptors (Lipinski definition) is 13. The number of halogens is 1. The second kappa shape index (κ2) is 18.0. The summed E-state index contributed by atoms with van der Waals surface area (Å²) >= 11 is 3.60. The summed E-state index contributed by atoms with van der Waals surface area (Å²) in [6, 6.07) is 16.3. The lowest BCUT2D eigenvalue weighted by atomic mass is 9.47. The van der Waals surface area contributed by atoms with Crippen LogP contribution in [0.2, 0.25) is 0 Å². The zero-order valence-corrected chi connectivity index (χ0v) is 43.6. The maximum absolute atomic E-state index is 15.8. The van der Waals surface area contributed by atoms with E-state index in [4.69, 9.17) is 23.7 Å². The van der Waals surface area contributed by atoms with Crippen LogP contribution in [0.1, 0.15) is 92.5 Å². The normalized spacial score (nSPS) is 32.5. The van der Waals surface area contributed by atoms with Crippen LogP contribution in [-0.4, -0.2) is 141 Å². The Labute approximate surface area is 423 Å². The quantitative estimate of drug-likeness (QED) is 0.0836. The molecule has 2 saturated heterocycles. The number of carbonyl (C=O) groups is 4. The van der Waals surface area contributed by atoms with E-state index in [0.717, 1.165) is 33.4 Å². The van der Waals surface area contributed by atoms with Crippen molar-refractivity contribution in [3.63, 3.8) is 0 Å². The second-order valence-corrected chi connectivity index (χ2v) is 21.6. The summed E-state index contributed by atoms with van der Waals surface area (Å²) in [4.78, 5) is 68.5. The van der Waals surface area contributed by atoms with Crippen molar-refractivity contribution in [3.8, 4) is 11.5 Å². The van der Waals surface area contributed by atoms with Crippen LogP contribution in [-0.2, 0) is 45.8 Å². The molecule has 4 aromatic rings. The van der Waals surface area contributed by atoms with E-state index in [2.05, 4.69) is 67.2 Å². The number of esters is 3. The molecule has 378 valence electrons. The van der Waals surface area contributed by atoms with Crippen LogP contribution in [0.5, 0.6) is 11.5 Å². The minimum absolute atomic E-state index is 0.152. The molecule has 1 aromatic heterocycles. The predicted molar refractivity (Wildman–Crippen MR) is 271 cm³/mol. The van der Waals surface area contributed by atoms with Gasteiger partial charge in [0.25, 0.3) is 5.91 Å². The first kappa shape index (κ1) is 49.2. The molecule has 0 radical (unpaired) electrons. The Morgan fingerprint density at radius 3 is 2.38 bits per heavy atom. The molecule has 3 fully saturated rings. The van der Waals surface area contributed by atoms with Gasteiger partial charge in [0.2, 0.25) is 5.60 Å². The Hall–Kier alpha value is -5.42. The molecule has 71 heavy (non-hydrogen) atoms. The summed E-state index contributed by atoms with van der Waals surface area (Å²) in [5.41, 5.74) is -1.18. The highest BCUT2D eigenvalue weighted by atomic mass is 79.9. The monoisotopic (exact) mass is 1040 g/mol. The first-order valence-corrected chi connectivity index (χ1v) is 25.9. The molecule has 16 heteroatoms. The van der Waals surface area contributed by atoms with Crippen LogP contribution in [0.15, 0.2) is 71.2 Å². The number of likely N-dealkylation sites (N-methyl/N-ethyl adjacent to an activating group) is 1. The van der Waals surface area contributed by atoms with Gasteiger partial charge >= 0.3 is 17.9 Å². The molecule has 10 atom stereocenters. The summed E-state index contributed by atoms with van der Waals surface area (Å²) < 4.78 is 30.7. The molecule has 5 aliphatic heterocycles. The number of hydrogen-bond donors (Lipinski definition) is 3. The lowest BCUT2D eigenvalue weighted by Crippen LogP contribution is -2.81. The molecule has 15 nitrogen and oxygen atoms in total. The highest BCUT2D eigenvalue weighted by Gasteiger charge is 2.80. The summed E-state index contributed by atoms with van der Waals surface area (Å²) in [5.74, 6) is -1.22. The van der Waals surface area contributed by atoms with Gasteiger partial charge < -0.3 is 48.9 Å². The number of nitrogens with zero attached hydrogens (tertiary/aromatic N) is 3. The Kier molecular flexibility index (Phi) is 12.4. The van der Waals surface area contributed by atoms with Crippen molar-refractivity contribution >= 4 is 56.3 Å². The van der Waals surface area contributed by atoms with Crippen LogP contribution < -0.4 is 19.7 Å². The van der Waals surface area contributed by atoms with E-state index < -0.39 is 57.4 Å². The molecular weight excluding hydrogens is 971 g/mol. The number of anilines is 1. The number of fused-ring (bicyclic) bond motifs is 6. The fraction of sp³-hybridized carbons (Fsp3) is 0.527. The van der Waals surface area contributed by atoms with E-state index in [1.807, 2.05) is 56.1 Å². The van der Waals surface area contributed by atoms with Crippen molar-refractivity contribution in [1.82, 2.24) is 20.1 Å². The Balaban J connectivity index is 1.19. The van der Waals surface area contributed by atoms with Gasteiger partial charge in [0, 0.05) is 96.5 Å². The number of amides is 1. The highest BCUT2D eigenvalue weighted by Crippen LogP contribution is 2.68. The van der Waals surface area contributed by atoms with Gasteiger partial charge in [-0.15, -0.1) is 0 Å². The fourth-order valence-electron chi connectivity index (χ4n) is 14.9. The molecule has 1 saturated carbocycles. The predicted octanol–water partition coefficient (Wildman–Crippen LogP) is 6.59. The maximum atomic E-state index is 15.8. The summed E-state index contributed by atoms with van der Waals surface area (Å²) in [7, 11) is 6.15. The second-order valence-electron chi connectivity index (χ2n) is 20.8. The van der Waals surface area contributed by atoms with Crippen LogP contribution in [0.3, 0.4) is 0 Å². The highest BCUT2D eigenvalue weighted by molar-refractivity contribution is 9.10. The summed E-state index contributed by atoms with van der Waals surface area (Å²) in [6.07, 6.45) is 5.90. The number of carbonyl (C=O) groups excluding carboxylic acids is 4. The van der Waals surface area contributed by atoms with Gasteiger partial charge in [0.15, 0.2) is 6.10 Å². The van der Waals surface area contributed by atoms with Crippen molar-refractivity contribution in [2.75, 3.05) is 72.6 Å². The number of rotatable bonds is 11. The number of aromatic nitrogens is 1. The lowest BCUT2D eigenvalue weighted by molar-refractivity contribution is -0.228. The number of H-pyrrole nitrogens is 1. The van der Waals surface area contributed by atoms with Gasteiger partial charge in [-0.05, 0) is 115 Å². The molecule has 1 aliphatic carbocycles. The average Bonchev–Trinajstić information content (AvgIpc) is 4.03. The van der Waals surface area contributed by atoms with Crippen molar-refractivity contribution < 1.29 is 48.0 Å².